The van der Waals surface area contributed by atoms with Crippen molar-refractivity contribution < 1.29 is 32.9 Å². The molecule has 0 aliphatic carbocycles. The molecule has 0 radical (unpaired) electrons. The van der Waals surface area contributed by atoms with Crippen molar-refractivity contribution in [2.75, 3.05) is 85.5 Å². The van der Waals surface area contributed by atoms with E-state index in [4.69, 9.17) is 43.1 Å². The number of nitrogens with two attached hydrogens (primary N) is 1. The summed E-state index contributed by atoms with van der Waals surface area (Å²) in [5.74, 6) is -2.13. The van der Waals surface area contributed by atoms with Crippen molar-refractivity contribution >= 4 is 35.1 Å². The molecule has 0 saturated carbocycles. The van der Waals surface area contributed by atoms with Gasteiger partial charge >= 0.3 is 11.9 Å². The van der Waals surface area contributed by atoms with E-state index in [2.05, 4.69) is 34.5 Å². The number of hydrogen-bond acceptors (Lipinski definition) is 13. The average molecular weight is 649 g/mol. The Kier molecular flexibility index (Phi) is 18.0. The Morgan fingerprint density at radius 3 is 1.88 bits per heavy atom. The van der Waals surface area contributed by atoms with Gasteiger partial charge in [-0.25, -0.2) is 33.9 Å². The van der Waals surface area contributed by atoms with Crippen LogP contribution in [0.15, 0.2) is 12.4 Å². The van der Waals surface area contributed by atoms with Crippen LogP contribution in [0.2, 0.25) is 10.6 Å². The summed E-state index contributed by atoms with van der Waals surface area (Å²) in [7, 11) is 0. The summed E-state index contributed by atoms with van der Waals surface area (Å²) in [6.45, 7) is 13.9. The topological polar surface area (TPSA) is 155 Å². The highest BCUT2D eigenvalue weighted by atomic mass is 35.5. The summed E-state index contributed by atoms with van der Waals surface area (Å²) in [6, 6.07) is 0. The van der Waals surface area contributed by atoms with E-state index in [9.17, 15) is 14.0 Å². The van der Waals surface area contributed by atoms with Gasteiger partial charge in [-0.3, -0.25) is 9.80 Å². The number of hydrogen-bond donors (Lipinski definition) is 1. The predicted molar refractivity (Wildman–Crippen MR) is 158 cm³/mol. The summed E-state index contributed by atoms with van der Waals surface area (Å²) in [5, 5.41) is -0.126. The number of esters is 2. The van der Waals surface area contributed by atoms with Crippen LogP contribution in [0.1, 0.15) is 46.8 Å². The molecule has 4 heterocycles. The highest BCUT2D eigenvalue weighted by Gasteiger charge is 2.17. The van der Waals surface area contributed by atoms with Gasteiger partial charge in [-0.05, 0) is 56.4 Å². The van der Waals surface area contributed by atoms with Crippen molar-refractivity contribution in [3.8, 4) is 0 Å². The first kappa shape index (κ1) is 36.6. The second kappa shape index (κ2) is 21.2. The van der Waals surface area contributed by atoms with Gasteiger partial charge in [-0.1, -0.05) is 0 Å². The molecule has 0 unspecified atom stereocenters. The van der Waals surface area contributed by atoms with Crippen LogP contribution in [-0.4, -0.2) is 127 Å². The van der Waals surface area contributed by atoms with Gasteiger partial charge in [-0.15, -0.1) is 0 Å². The standard InChI is InChI=1S/C14H20ClN3O3.C7H6ClFN2O2.C6H14N2O/c1-2-21-13(19)12-11(10-16-14(15)17-12)4-3-5-18-6-8-20-9-7-18;1-2-13-6(12)5-4(9)3-10-7(8)11-5;7-1-2-8-3-5-9-6-4-8/h10H,2-9H2,1H3;3H,2H2,1H3;1-7H2. The second-order valence-electron chi connectivity index (χ2n) is 9.09. The van der Waals surface area contributed by atoms with Crippen molar-refractivity contribution in [2.45, 2.75) is 26.7 Å². The molecule has 0 atom stereocenters. The van der Waals surface area contributed by atoms with Crippen molar-refractivity contribution in [3.05, 3.63) is 45.7 Å². The third kappa shape index (κ3) is 14.2. The van der Waals surface area contributed by atoms with Crippen LogP contribution in [0.25, 0.3) is 0 Å². The number of aromatic nitrogens is 4. The summed E-state index contributed by atoms with van der Waals surface area (Å²) < 4.78 is 32.9. The molecule has 0 spiro atoms. The zero-order chi connectivity index (χ0) is 31.5. The summed E-state index contributed by atoms with van der Waals surface area (Å²) in [6.07, 6.45) is 4.09. The minimum atomic E-state index is -0.845. The lowest BCUT2D eigenvalue weighted by Gasteiger charge is -2.26. The number of morpholine rings is 2. The lowest BCUT2D eigenvalue weighted by molar-refractivity contribution is 0.0374. The van der Waals surface area contributed by atoms with E-state index >= 15 is 0 Å². The lowest BCUT2D eigenvalue weighted by atomic mass is 10.1. The smallest absolute Gasteiger partial charge is 0.360 e. The van der Waals surface area contributed by atoms with Crippen LogP contribution in [0.3, 0.4) is 0 Å². The maximum Gasteiger partial charge on any atom is 0.360 e. The number of carbonyl (C=O) groups is 2. The van der Waals surface area contributed by atoms with Crippen LogP contribution in [0.4, 0.5) is 4.39 Å². The summed E-state index contributed by atoms with van der Waals surface area (Å²) >= 11 is 11.1. The highest BCUT2D eigenvalue weighted by molar-refractivity contribution is 6.28. The molecule has 240 valence electrons. The zero-order valence-corrected chi connectivity index (χ0v) is 26.1. The molecule has 2 saturated heterocycles. The molecule has 2 aromatic rings. The largest absolute Gasteiger partial charge is 0.461 e. The van der Waals surface area contributed by atoms with Gasteiger partial charge in [0, 0.05) is 51.0 Å². The average Bonchev–Trinajstić information content (AvgIpc) is 3.01. The summed E-state index contributed by atoms with van der Waals surface area (Å²) in [5.41, 5.74) is 5.99. The summed E-state index contributed by atoms with van der Waals surface area (Å²) in [4.78, 5) is 42.3. The molecular formula is C27H40Cl2FN7O6. The van der Waals surface area contributed by atoms with E-state index in [1.165, 1.54) is 0 Å². The monoisotopic (exact) mass is 647 g/mol. The third-order valence-electron chi connectivity index (χ3n) is 6.06. The molecule has 0 amide bonds. The van der Waals surface area contributed by atoms with Crippen molar-refractivity contribution in [1.82, 2.24) is 29.7 Å². The van der Waals surface area contributed by atoms with Gasteiger partial charge in [0.1, 0.15) is 0 Å². The van der Waals surface area contributed by atoms with E-state index in [-0.39, 0.29) is 22.9 Å². The van der Waals surface area contributed by atoms with Gasteiger partial charge < -0.3 is 24.7 Å². The Morgan fingerprint density at radius 1 is 0.860 bits per heavy atom. The van der Waals surface area contributed by atoms with Gasteiger partial charge in [0.25, 0.3) is 0 Å². The Labute approximate surface area is 261 Å². The minimum absolute atomic E-state index is 0.0648. The van der Waals surface area contributed by atoms with Gasteiger partial charge in [0.05, 0.1) is 45.8 Å². The number of carbonyl (C=O) groups excluding carboxylic acids is 2. The van der Waals surface area contributed by atoms with Crippen LogP contribution >= 0.6 is 23.2 Å². The van der Waals surface area contributed by atoms with Gasteiger partial charge in [0.2, 0.25) is 10.6 Å². The first-order valence-electron chi connectivity index (χ1n) is 14.1. The van der Waals surface area contributed by atoms with Crippen LogP contribution in [0.5, 0.6) is 0 Å². The third-order valence-corrected chi connectivity index (χ3v) is 6.42. The number of nitrogens with zero attached hydrogens (tertiary/aromatic N) is 6. The number of halogens is 3. The molecule has 2 fully saturated rings. The Hall–Kier alpha value is -2.59. The molecule has 16 heteroatoms. The van der Waals surface area contributed by atoms with E-state index in [1.54, 1.807) is 20.0 Å². The SMILES string of the molecule is CCOC(=O)c1nc(Cl)ncc1CCCN1CCOCC1.CCOC(=O)c1nc(Cl)ncc1F.NCCN1CCOCC1. The molecule has 2 N–H and O–H groups in total. The van der Waals surface area contributed by atoms with Crippen molar-refractivity contribution in [2.24, 2.45) is 5.73 Å². The fraction of sp³-hybridized carbons (Fsp3) is 0.630. The number of ether oxygens (including phenoxy) is 4. The van der Waals surface area contributed by atoms with Crippen LogP contribution in [0, 0.1) is 5.82 Å². The van der Waals surface area contributed by atoms with E-state index in [0.29, 0.717) is 6.61 Å². The zero-order valence-electron chi connectivity index (χ0n) is 24.6. The molecular weight excluding hydrogens is 608 g/mol. The van der Waals surface area contributed by atoms with Crippen molar-refractivity contribution in [1.29, 1.82) is 0 Å². The van der Waals surface area contributed by atoms with Gasteiger partial charge in [0.15, 0.2) is 17.2 Å². The normalized spacial score (nSPS) is 15.4. The first-order chi connectivity index (χ1) is 20.8. The predicted octanol–water partition coefficient (Wildman–Crippen LogP) is 2.29. The fourth-order valence-corrected chi connectivity index (χ4v) is 4.22. The molecule has 2 aliphatic rings. The van der Waals surface area contributed by atoms with E-state index in [1.807, 2.05) is 0 Å². The van der Waals surface area contributed by atoms with Gasteiger partial charge in [-0.2, -0.15) is 0 Å². The number of aryl methyl sites for hydroxylation is 1. The fourth-order valence-electron chi connectivity index (χ4n) is 3.96. The van der Waals surface area contributed by atoms with E-state index < -0.39 is 23.4 Å². The van der Waals surface area contributed by atoms with E-state index in [0.717, 1.165) is 96.8 Å². The lowest BCUT2D eigenvalue weighted by Crippen LogP contribution is -2.39. The Bertz CT molecular complexity index is 1120. The minimum Gasteiger partial charge on any atom is -0.461 e. The second-order valence-corrected chi connectivity index (χ2v) is 9.77. The van der Waals surface area contributed by atoms with Crippen LogP contribution in [-0.2, 0) is 25.4 Å². The molecule has 4 rings (SSSR count). The van der Waals surface area contributed by atoms with Crippen molar-refractivity contribution in [3.63, 3.8) is 0 Å². The molecule has 2 aromatic heterocycles. The first-order valence-corrected chi connectivity index (χ1v) is 14.9. The Morgan fingerprint density at radius 2 is 1.35 bits per heavy atom. The number of rotatable bonds is 10. The quantitative estimate of drug-likeness (QED) is 0.296. The molecule has 0 bridgehead atoms. The highest BCUT2D eigenvalue weighted by Crippen LogP contribution is 2.13. The van der Waals surface area contributed by atoms with Crippen LogP contribution < -0.4 is 5.73 Å². The maximum absolute atomic E-state index is 12.9. The molecule has 43 heavy (non-hydrogen) atoms. The molecule has 0 aromatic carbocycles. The maximum atomic E-state index is 12.9. The Balaban J connectivity index is 0.000000249. The molecule has 2 aliphatic heterocycles. The molecule has 13 nitrogen and oxygen atoms in total.